The van der Waals surface area contributed by atoms with Gasteiger partial charge in [-0.25, -0.2) is 29.5 Å². The van der Waals surface area contributed by atoms with Gasteiger partial charge in [-0.05, 0) is 31.7 Å². The van der Waals surface area contributed by atoms with Gasteiger partial charge in [0, 0.05) is 43.5 Å². The van der Waals surface area contributed by atoms with Crippen molar-refractivity contribution in [2.24, 2.45) is 0 Å². The maximum absolute atomic E-state index is 10.6. The monoisotopic (exact) mass is 524 g/mol. The van der Waals surface area contributed by atoms with Crippen LogP contribution in [0.4, 0.5) is 38.1 Å². The molecular weight excluding hydrogens is 502 g/mol. The highest BCUT2D eigenvalue weighted by atomic mass is 19.4. The van der Waals surface area contributed by atoms with Crippen molar-refractivity contribution in [1.82, 2.24) is 19.9 Å². The van der Waals surface area contributed by atoms with E-state index in [2.05, 4.69) is 30.2 Å². The lowest BCUT2D eigenvalue weighted by Gasteiger charge is -2.28. The molecule has 0 radical (unpaired) electrons. The van der Waals surface area contributed by atoms with E-state index >= 15 is 0 Å². The van der Waals surface area contributed by atoms with E-state index in [-0.39, 0.29) is 0 Å². The van der Waals surface area contributed by atoms with Crippen LogP contribution in [0.2, 0.25) is 0 Å². The molecule has 2 aliphatic rings. The van der Waals surface area contributed by atoms with E-state index in [1.807, 2.05) is 6.07 Å². The lowest BCUT2D eigenvalue weighted by Crippen LogP contribution is -2.29. The fraction of sp³-hybridized carbons (Fsp3) is 0.500. The van der Waals surface area contributed by atoms with Crippen LogP contribution >= 0.6 is 0 Å². The standard InChI is InChI=1S/C16H20N6.2C2HF3O2/c1-3-12(4-1)21-15-13-5-9-22(16-17-7-2-8-18-16)10-6-14(13)19-11-20-15;2*3-2(4,5)1(6)7/h2,7-8,11-12H,1,3-6,9-10H2,(H,19,20,21);2*(H,6,7). The summed E-state index contributed by atoms with van der Waals surface area (Å²) in [5.74, 6) is -3.68. The number of carbonyl (C=O) groups is 2. The minimum Gasteiger partial charge on any atom is -0.475 e. The minimum atomic E-state index is -5.08. The van der Waals surface area contributed by atoms with Gasteiger partial charge in [-0.2, -0.15) is 26.3 Å². The number of nitrogens with zero attached hydrogens (tertiary/aromatic N) is 5. The summed E-state index contributed by atoms with van der Waals surface area (Å²) in [7, 11) is 0. The highest BCUT2D eigenvalue weighted by Crippen LogP contribution is 2.27. The molecule has 1 aliphatic carbocycles. The summed E-state index contributed by atoms with van der Waals surface area (Å²) in [6.45, 7) is 1.81. The van der Waals surface area contributed by atoms with Crippen molar-refractivity contribution in [3.05, 3.63) is 36.0 Å². The van der Waals surface area contributed by atoms with Crippen LogP contribution in [-0.2, 0) is 22.4 Å². The molecule has 10 nitrogen and oxygen atoms in total. The highest BCUT2D eigenvalue weighted by Gasteiger charge is 2.38. The fourth-order valence-corrected chi connectivity index (χ4v) is 3.05. The Morgan fingerprint density at radius 1 is 0.889 bits per heavy atom. The van der Waals surface area contributed by atoms with Crippen LogP contribution in [-0.4, -0.2) is 73.6 Å². The minimum absolute atomic E-state index is 0.593. The summed E-state index contributed by atoms with van der Waals surface area (Å²) in [6.07, 6.45) is 0.788. The van der Waals surface area contributed by atoms with Crippen molar-refractivity contribution in [2.45, 2.75) is 50.5 Å². The van der Waals surface area contributed by atoms with Gasteiger partial charge in [0.1, 0.15) is 12.1 Å². The van der Waals surface area contributed by atoms with Crippen molar-refractivity contribution in [1.29, 1.82) is 0 Å². The molecule has 3 heterocycles. The first-order chi connectivity index (χ1) is 16.8. The van der Waals surface area contributed by atoms with Crippen molar-refractivity contribution in [3.8, 4) is 0 Å². The smallest absolute Gasteiger partial charge is 0.475 e. The summed E-state index contributed by atoms with van der Waals surface area (Å²) < 4.78 is 63.5. The van der Waals surface area contributed by atoms with Crippen molar-refractivity contribution >= 4 is 23.7 Å². The molecule has 0 unspecified atom stereocenters. The van der Waals surface area contributed by atoms with E-state index in [0.717, 1.165) is 43.4 Å². The van der Waals surface area contributed by atoms with E-state index < -0.39 is 24.3 Å². The summed E-state index contributed by atoms with van der Waals surface area (Å²) >= 11 is 0. The summed E-state index contributed by atoms with van der Waals surface area (Å²) in [5, 5.41) is 17.8. The largest absolute Gasteiger partial charge is 0.490 e. The lowest BCUT2D eigenvalue weighted by atomic mass is 9.93. The number of anilines is 2. The van der Waals surface area contributed by atoms with E-state index in [1.165, 1.54) is 24.8 Å². The second-order valence-corrected chi connectivity index (χ2v) is 7.56. The van der Waals surface area contributed by atoms with Crippen LogP contribution in [0.25, 0.3) is 0 Å². The first-order valence-corrected chi connectivity index (χ1v) is 10.5. The Morgan fingerprint density at radius 2 is 1.42 bits per heavy atom. The van der Waals surface area contributed by atoms with Gasteiger partial charge in [0.05, 0.1) is 5.69 Å². The number of nitrogens with one attached hydrogen (secondary N) is 1. The van der Waals surface area contributed by atoms with E-state index in [0.29, 0.717) is 6.04 Å². The van der Waals surface area contributed by atoms with Gasteiger partial charge in [-0.1, -0.05) is 0 Å². The van der Waals surface area contributed by atoms with Gasteiger partial charge in [0.2, 0.25) is 5.95 Å². The molecule has 0 aromatic carbocycles. The maximum Gasteiger partial charge on any atom is 0.490 e. The Morgan fingerprint density at radius 3 is 1.89 bits per heavy atom. The number of hydrogen-bond acceptors (Lipinski definition) is 8. The van der Waals surface area contributed by atoms with Crippen LogP contribution in [0.15, 0.2) is 24.8 Å². The molecule has 0 saturated heterocycles. The van der Waals surface area contributed by atoms with E-state index in [4.69, 9.17) is 19.8 Å². The second-order valence-electron chi connectivity index (χ2n) is 7.56. The average Bonchev–Trinajstić information content (AvgIpc) is 3.00. The molecule has 198 valence electrons. The maximum atomic E-state index is 10.6. The molecule has 2 aromatic heterocycles. The van der Waals surface area contributed by atoms with Crippen LogP contribution in [0.3, 0.4) is 0 Å². The van der Waals surface area contributed by atoms with Gasteiger partial charge < -0.3 is 20.4 Å². The van der Waals surface area contributed by atoms with Gasteiger partial charge >= 0.3 is 24.3 Å². The van der Waals surface area contributed by atoms with Crippen LogP contribution < -0.4 is 10.2 Å². The second kappa shape index (κ2) is 12.3. The topological polar surface area (TPSA) is 141 Å². The number of hydrogen-bond donors (Lipinski definition) is 3. The molecule has 1 fully saturated rings. The van der Waals surface area contributed by atoms with Crippen molar-refractivity contribution < 1.29 is 46.1 Å². The van der Waals surface area contributed by atoms with Gasteiger partial charge in [-0.3, -0.25) is 0 Å². The Labute approximate surface area is 200 Å². The van der Waals surface area contributed by atoms with E-state index in [9.17, 15) is 26.3 Å². The zero-order valence-corrected chi connectivity index (χ0v) is 18.6. The first-order valence-electron chi connectivity index (χ1n) is 10.5. The molecule has 0 bridgehead atoms. The zero-order chi connectivity index (χ0) is 26.9. The molecule has 0 amide bonds. The van der Waals surface area contributed by atoms with Crippen molar-refractivity contribution in [3.63, 3.8) is 0 Å². The Balaban J connectivity index is 0.000000271. The third-order valence-electron chi connectivity index (χ3n) is 5.05. The third-order valence-corrected chi connectivity index (χ3v) is 5.05. The van der Waals surface area contributed by atoms with Gasteiger partial charge in [0.15, 0.2) is 0 Å². The van der Waals surface area contributed by atoms with Crippen LogP contribution in [0.5, 0.6) is 0 Å². The van der Waals surface area contributed by atoms with Crippen LogP contribution in [0.1, 0.15) is 30.5 Å². The number of carboxylic acid groups (broad SMARTS) is 2. The van der Waals surface area contributed by atoms with E-state index in [1.54, 1.807) is 18.7 Å². The Hall–Kier alpha value is -3.72. The van der Waals surface area contributed by atoms with Crippen LogP contribution in [0, 0.1) is 0 Å². The lowest BCUT2D eigenvalue weighted by molar-refractivity contribution is -0.193. The first kappa shape index (κ1) is 28.5. The third kappa shape index (κ3) is 8.81. The molecule has 3 N–H and O–H groups in total. The van der Waals surface area contributed by atoms with Gasteiger partial charge in [0.25, 0.3) is 0 Å². The molecule has 1 aliphatic heterocycles. The van der Waals surface area contributed by atoms with Crippen molar-refractivity contribution in [2.75, 3.05) is 23.3 Å². The fourth-order valence-electron chi connectivity index (χ4n) is 3.05. The predicted octanol–water partition coefficient (Wildman–Crippen LogP) is 3.10. The normalized spacial score (nSPS) is 15.6. The molecule has 0 spiro atoms. The number of halogens is 6. The average molecular weight is 524 g/mol. The molecule has 0 atom stereocenters. The quantitative estimate of drug-likeness (QED) is 0.513. The summed E-state index contributed by atoms with van der Waals surface area (Å²) in [5.41, 5.74) is 2.43. The SMILES string of the molecule is O=C(O)C(F)(F)F.O=C(O)C(F)(F)F.c1cnc(N2CCc3ncnc(NC4CCC4)c3CC2)nc1. The number of carboxylic acids is 2. The van der Waals surface area contributed by atoms with Gasteiger partial charge in [-0.15, -0.1) is 0 Å². The Bertz CT molecular complexity index is 994. The number of rotatable bonds is 3. The highest BCUT2D eigenvalue weighted by molar-refractivity contribution is 5.73. The molecule has 1 saturated carbocycles. The number of fused-ring (bicyclic) bond motifs is 1. The molecule has 4 rings (SSSR count). The zero-order valence-electron chi connectivity index (χ0n) is 18.6. The number of aromatic nitrogens is 4. The summed E-state index contributed by atoms with van der Waals surface area (Å²) in [6, 6.07) is 2.44. The summed E-state index contributed by atoms with van der Waals surface area (Å²) in [4.78, 5) is 37.7. The molecular formula is C20H22F6N6O4. The molecule has 2 aromatic rings. The molecule has 36 heavy (non-hydrogen) atoms. The Kier molecular flexibility index (Phi) is 9.75. The molecule has 16 heteroatoms. The predicted molar refractivity (Wildman–Crippen MR) is 112 cm³/mol. The number of aliphatic carboxylic acids is 2. The number of alkyl halides is 6.